The zero-order chi connectivity index (χ0) is 26.9. The van der Waals surface area contributed by atoms with Crippen LogP contribution in [0.3, 0.4) is 0 Å². The molecule has 0 saturated carbocycles. The molecule has 0 bridgehead atoms. The van der Waals surface area contributed by atoms with Crippen molar-refractivity contribution in [1.29, 1.82) is 0 Å². The Labute approximate surface area is 227 Å². The molecule has 2 atom stereocenters. The lowest BCUT2D eigenvalue weighted by Crippen LogP contribution is -2.53. The second kappa shape index (κ2) is 17.2. The van der Waals surface area contributed by atoms with Gasteiger partial charge in [-0.25, -0.2) is 4.79 Å². The minimum atomic E-state index is -0.633. The van der Waals surface area contributed by atoms with Crippen LogP contribution in [0.2, 0.25) is 0 Å². The summed E-state index contributed by atoms with van der Waals surface area (Å²) in [5.41, 5.74) is 2.55. The van der Waals surface area contributed by atoms with Crippen LogP contribution in [0.5, 0.6) is 5.75 Å². The number of hydrogen-bond acceptors (Lipinski definition) is 3. The highest BCUT2D eigenvalue weighted by atomic mass is 16.7. The summed E-state index contributed by atoms with van der Waals surface area (Å²) in [7, 11) is 4.21. The second-order valence-corrected chi connectivity index (χ2v) is 11.1. The van der Waals surface area contributed by atoms with E-state index in [4.69, 9.17) is 9.47 Å². The van der Waals surface area contributed by atoms with Crippen LogP contribution in [-0.2, 0) is 22.5 Å². The summed E-state index contributed by atoms with van der Waals surface area (Å²) in [5, 5.41) is 0. The Balaban J connectivity index is 1.76. The first-order valence-corrected chi connectivity index (χ1v) is 14.7. The molecule has 0 spiro atoms. The van der Waals surface area contributed by atoms with Crippen LogP contribution in [0.1, 0.15) is 103 Å². The zero-order valence-electron chi connectivity index (χ0n) is 24.2. The molecule has 2 rings (SSSR count). The standard InChI is InChI=1S/C33H52NO3/c1-6-8-9-10-11-12-13-14-16-20-29-23-25-31(26-24-29)36-28(3)37-33(35)32(19-7-2)34(4,5)27-30-21-17-15-18-22-30/h15,17-18,21-26,28,32H,6-14,16,19-20,27H2,1-5H3/q+1. The Morgan fingerprint density at radius 2 is 1.35 bits per heavy atom. The van der Waals surface area contributed by atoms with E-state index in [1.165, 1.54) is 68.9 Å². The Kier molecular flexibility index (Phi) is 14.4. The van der Waals surface area contributed by atoms with Crippen LogP contribution in [0.15, 0.2) is 54.6 Å². The maximum absolute atomic E-state index is 13.2. The number of quaternary nitrogens is 1. The highest BCUT2D eigenvalue weighted by molar-refractivity contribution is 5.74. The number of nitrogens with zero attached hydrogens (tertiary/aromatic N) is 1. The van der Waals surface area contributed by atoms with Crippen molar-refractivity contribution < 1.29 is 18.8 Å². The van der Waals surface area contributed by atoms with Crippen LogP contribution >= 0.6 is 0 Å². The van der Waals surface area contributed by atoms with E-state index in [2.05, 4.69) is 52.2 Å². The first-order chi connectivity index (χ1) is 17.9. The largest absolute Gasteiger partial charge is 0.455 e. The number of unbranched alkanes of at least 4 members (excludes halogenated alkanes) is 8. The Hall–Kier alpha value is -2.33. The van der Waals surface area contributed by atoms with E-state index >= 15 is 0 Å². The number of carbonyl (C=O) groups is 1. The van der Waals surface area contributed by atoms with Crippen molar-refractivity contribution >= 4 is 5.97 Å². The summed E-state index contributed by atoms with van der Waals surface area (Å²) < 4.78 is 12.3. The monoisotopic (exact) mass is 510 g/mol. The number of hydrogen-bond donors (Lipinski definition) is 0. The number of rotatable bonds is 19. The fraction of sp³-hybridized carbons (Fsp3) is 0.606. The molecule has 37 heavy (non-hydrogen) atoms. The molecule has 0 saturated heterocycles. The van der Waals surface area contributed by atoms with E-state index < -0.39 is 6.29 Å². The summed E-state index contributed by atoms with van der Waals surface area (Å²) in [4.78, 5) is 13.2. The first-order valence-electron chi connectivity index (χ1n) is 14.7. The van der Waals surface area contributed by atoms with E-state index in [1.807, 2.05) is 30.3 Å². The molecule has 4 nitrogen and oxygen atoms in total. The fourth-order valence-electron chi connectivity index (χ4n) is 5.02. The van der Waals surface area contributed by atoms with Crippen LogP contribution < -0.4 is 4.74 Å². The van der Waals surface area contributed by atoms with E-state index in [9.17, 15) is 4.79 Å². The van der Waals surface area contributed by atoms with Gasteiger partial charge in [-0.2, -0.15) is 0 Å². The first kappa shape index (κ1) is 30.9. The maximum atomic E-state index is 13.2. The second-order valence-electron chi connectivity index (χ2n) is 11.1. The zero-order valence-corrected chi connectivity index (χ0v) is 24.2. The SMILES string of the molecule is CCCCCCCCCCCc1ccc(OC(C)OC(=O)C(CCC)[N+](C)(C)Cc2ccccc2)cc1. The summed E-state index contributed by atoms with van der Waals surface area (Å²) >= 11 is 0. The highest BCUT2D eigenvalue weighted by Gasteiger charge is 2.36. The van der Waals surface area contributed by atoms with Gasteiger partial charge in [-0.3, -0.25) is 0 Å². The summed E-state index contributed by atoms with van der Waals surface area (Å²) in [6.07, 6.45) is 14.3. The molecule has 0 aliphatic carbocycles. The van der Waals surface area contributed by atoms with E-state index in [0.717, 1.165) is 31.6 Å². The number of carbonyl (C=O) groups excluding carboxylic acids is 1. The van der Waals surface area contributed by atoms with Crippen molar-refractivity contribution in [3.63, 3.8) is 0 Å². The predicted molar refractivity (Wildman–Crippen MR) is 155 cm³/mol. The summed E-state index contributed by atoms with van der Waals surface area (Å²) in [6.45, 7) is 6.95. The van der Waals surface area contributed by atoms with Gasteiger partial charge in [0.1, 0.15) is 12.3 Å². The van der Waals surface area contributed by atoms with Crippen LogP contribution in [0.4, 0.5) is 0 Å². The van der Waals surface area contributed by atoms with Crippen LogP contribution in [-0.4, -0.2) is 36.9 Å². The normalized spacial score (nSPS) is 13.2. The minimum absolute atomic E-state index is 0.197. The molecule has 2 unspecified atom stereocenters. The molecule has 2 aromatic carbocycles. The molecule has 0 heterocycles. The molecular weight excluding hydrogens is 458 g/mol. The van der Waals surface area contributed by atoms with Gasteiger partial charge in [0.25, 0.3) is 0 Å². The molecule has 206 valence electrons. The van der Waals surface area contributed by atoms with Gasteiger partial charge in [0.2, 0.25) is 6.29 Å². The van der Waals surface area contributed by atoms with Gasteiger partial charge in [0, 0.05) is 18.9 Å². The van der Waals surface area contributed by atoms with Gasteiger partial charge < -0.3 is 14.0 Å². The molecule has 0 amide bonds. The highest BCUT2D eigenvalue weighted by Crippen LogP contribution is 2.21. The number of ether oxygens (including phenoxy) is 2. The average Bonchev–Trinajstić information content (AvgIpc) is 2.87. The van der Waals surface area contributed by atoms with Crippen molar-refractivity contribution in [2.24, 2.45) is 0 Å². The van der Waals surface area contributed by atoms with Gasteiger partial charge in [0.05, 0.1) is 14.1 Å². The number of esters is 1. The molecule has 0 radical (unpaired) electrons. The van der Waals surface area contributed by atoms with Gasteiger partial charge in [-0.15, -0.1) is 0 Å². The minimum Gasteiger partial charge on any atom is -0.455 e. The molecule has 2 aromatic rings. The molecule has 4 heteroatoms. The average molecular weight is 511 g/mol. The molecule has 0 aromatic heterocycles. The Morgan fingerprint density at radius 1 is 0.757 bits per heavy atom. The van der Waals surface area contributed by atoms with E-state index in [1.54, 1.807) is 6.92 Å². The van der Waals surface area contributed by atoms with Crippen LogP contribution in [0, 0.1) is 0 Å². The van der Waals surface area contributed by atoms with Crippen LogP contribution in [0.25, 0.3) is 0 Å². The van der Waals surface area contributed by atoms with Gasteiger partial charge in [-0.05, 0) is 37.0 Å². The fourth-order valence-corrected chi connectivity index (χ4v) is 5.02. The predicted octanol–water partition coefficient (Wildman–Crippen LogP) is 8.47. The van der Waals surface area contributed by atoms with Gasteiger partial charge in [-0.1, -0.05) is 108 Å². The maximum Gasteiger partial charge on any atom is 0.368 e. The topological polar surface area (TPSA) is 35.5 Å². The number of benzene rings is 2. The summed E-state index contributed by atoms with van der Waals surface area (Å²) in [5.74, 6) is 0.540. The number of likely N-dealkylation sites (N-methyl/N-ethyl adjacent to an activating group) is 1. The molecular formula is C33H52NO3+. The summed E-state index contributed by atoms with van der Waals surface area (Å²) in [6, 6.07) is 18.3. The van der Waals surface area contributed by atoms with Crippen molar-refractivity contribution in [2.45, 2.75) is 117 Å². The molecule has 0 aliphatic rings. The van der Waals surface area contributed by atoms with Crippen molar-refractivity contribution in [3.8, 4) is 5.75 Å². The van der Waals surface area contributed by atoms with E-state index in [0.29, 0.717) is 4.48 Å². The molecule has 0 N–H and O–H groups in total. The third-order valence-electron chi connectivity index (χ3n) is 7.19. The lowest BCUT2D eigenvalue weighted by atomic mass is 10.0. The van der Waals surface area contributed by atoms with Crippen molar-refractivity contribution in [2.75, 3.05) is 14.1 Å². The number of aryl methyl sites for hydroxylation is 1. The Morgan fingerprint density at radius 3 is 1.95 bits per heavy atom. The van der Waals surface area contributed by atoms with Crippen molar-refractivity contribution in [3.05, 3.63) is 65.7 Å². The van der Waals surface area contributed by atoms with E-state index in [-0.39, 0.29) is 12.0 Å². The molecule has 0 fully saturated rings. The third-order valence-corrected chi connectivity index (χ3v) is 7.19. The smallest absolute Gasteiger partial charge is 0.368 e. The lowest BCUT2D eigenvalue weighted by molar-refractivity contribution is -0.920. The lowest BCUT2D eigenvalue weighted by Gasteiger charge is -2.37. The quantitative estimate of drug-likeness (QED) is 0.0823. The van der Waals surface area contributed by atoms with Gasteiger partial charge in [0.15, 0.2) is 6.04 Å². The van der Waals surface area contributed by atoms with Gasteiger partial charge >= 0.3 is 5.97 Å². The van der Waals surface area contributed by atoms with Crippen molar-refractivity contribution in [1.82, 2.24) is 0 Å². The Bertz CT molecular complexity index is 863. The molecule has 0 aliphatic heterocycles. The third kappa shape index (κ3) is 12.2.